The van der Waals surface area contributed by atoms with Crippen molar-refractivity contribution in [2.75, 3.05) is 19.5 Å². The van der Waals surface area contributed by atoms with E-state index in [9.17, 15) is 4.79 Å². The highest BCUT2D eigenvalue weighted by Crippen LogP contribution is 2.25. The van der Waals surface area contributed by atoms with E-state index < -0.39 is 0 Å². The van der Waals surface area contributed by atoms with E-state index in [1.54, 1.807) is 7.11 Å². The fourth-order valence-corrected chi connectivity index (χ4v) is 2.15. The molecule has 17 heavy (non-hydrogen) atoms. The Morgan fingerprint density at radius 2 is 2.29 bits per heavy atom. The Balaban J connectivity index is 2.42. The Labute approximate surface area is 115 Å². The molecule has 0 unspecified atom stereocenters. The number of hydrogen-bond donors (Lipinski definition) is 1. The van der Waals surface area contributed by atoms with Crippen LogP contribution >= 0.6 is 27.5 Å². The summed E-state index contributed by atoms with van der Waals surface area (Å²) in [5.41, 5.74) is 1.14. The quantitative estimate of drug-likeness (QED) is 0.819. The number of nitrogens with one attached hydrogen (secondary N) is 1. The average Bonchev–Trinajstić information content (AvgIpc) is 2.29. The molecule has 0 bridgehead atoms. The number of ether oxygens (including phenoxy) is 1. The van der Waals surface area contributed by atoms with Crippen LogP contribution in [0.1, 0.15) is 12.0 Å². The van der Waals surface area contributed by atoms with Crippen LogP contribution in [0.15, 0.2) is 22.7 Å². The Morgan fingerprint density at radius 3 is 2.88 bits per heavy atom. The van der Waals surface area contributed by atoms with Crippen molar-refractivity contribution in [1.29, 1.82) is 0 Å². The van der Waals surface area contributed by atoms with Crippen molar-refractivity contribution in [3.8, 4) is 5.75 Å². The highest BCUT2D eigenvalue weighted by Gasteiger charge is 2.02. The Kier molecular flexibility index (Phi) is 6.37. The van der Waals surface area contributed by atoms with Crippen molar-refractivity contribution in [2.45, 2.75) is 12.8 Å². The maximum Gasteiger partial charge on any atom is 0.221 e. The lowest BCUT2D eigenvalue weighted by Crippen LogP contribution is -2.25. The molecule has 0 aliphatic carbocycles. The molecule has 1 N–H and O–H groups in total. The van der Waals surface area contributed by atoms with E-state index in [-0.39, 0.29) is 5.91 Å². The maximum absolute atomic E-state index is 11.2. The number of halogens is 2. The first kappa shape index (κ1) is 14.3. The molecule has 0 aromatic heterocycles. The molecular weight excluding hydrogens is 305 g/mol. The van der Waals surface area contributed by atoms with Crippen molar-refractivity contribution in [2.24, 2.45) is 0 Å². The minimum Gasteiger partial charge on any atom is -0.496 e. The number of hydrogen-bond acceptors (Lipinski definition) is 2. The Bertz CT molecular complexity index is 385. The van der Waals surface area contributed by atoms with Gasteiger partial charge in [-0.3, -0.25) is 4.79 Å². The van der Waals surface area contributed by atoms with E-state index in [4.69, 9.17) is 16.3 Å². The molecule has 0 atom stereocenters. The summed E-state index contributed by atoms with van der Waals surface area (Å²) in [5, 5.41) is 2.81. The minimum atomic E-state index is -0.00687. The van der Waals surface area contributed by atoms with Crippen LogP contribution in [0.4, 0.5) is 0 Å². The van der Waals surface area contributed by atoms with E-state index in [1.165, 1.54) is 0 Å². The molecule has 0 fully saturated rings. The van der Waals surface area contributed by atoms with E-state index in [0.29, 0.717) is 18.8 Å². The molecule has 1 amide bonds. The van der Waals surface area contributed by atoms with Crippen LogP contribution in [0, 0.1) is 0 Å². The van der Waals surface area contributed by atoms with Crippen molar-refractivity contribution >= 4 is 33.4 Å². The molecule has 1 rings (SSSR count). The number of alkyl halides is 1. The molecule has 0 heterocycles. The van der Waals surface area contributed by atoms with Gasteiger partial charge in [-0.25, -0.2) is 0 Å². The van der Waals surface area contributed by atoms with E-state index in [0.717, 1.165) is 22.2 Å². The molecule has 94 valence electrons. The summed E-state index contributed by atoms with van der Waals surface area (Å²) in [6.45, 7) is 0.620. The van der Waals surface area contributed by atoms with Crippen LogP contribution in [-0.4, -0.2) is 25.4 Å². The average molecular weight is 321 g/mol. The third kappa shape index (κ3) is 4.96. The Hall–Kier alpha value is -0.740. The lowest BCUT2D eigenvalue weighted by atomic mass is 10.1. The zero-order valence-electron chi connectivity index (χ0n) is 9.63. The summed E-state index contributed by atoms with van der Waals surface area (Å²) in [6.07, 6.45) is 1.16. The van der Waals surface area contributed by atoms with Crippen LogP contribution in [0.25, 0.3) is 0 Å². The van der Waals surface area contributed by atoms with Crippen LogP contribution in [0.5, 0.6) is 5.75 Å². The predicted octanol–water partition coefficient (Wildman–Crippen LogP) is 2.75. The molecule has 1 aromatic carbocycles. The standard InChI is InChI=1S/C12H15BrClNO2/c1-17-11-3-2-9(8-10(11)13)5-7-15-12(16)4-6-14/h2-3,8H,4-7H2,1H3,(H,15,16). The normalized spacial score (nSPS) is 10.1. The highest BCUT2D eigenvalue weighted by atomic mass is 79.9. The SMILES string of the molecule is COc1ccc(CCNC(=O)CCCl)cc1Br. The number of methoxy groups -OCH3 is 1. The monoisotopic (exact) mass is 319 g/mol. The van der Waals surface area contributed by atoms with Crippen LogP contribution in [0.3, 0.4) is 0 Å². The third-order valence-corrected chi connectivity index (χ3v) is 3.08. The maximum atomic E-state index is 11.2. The topological polar surface area (TPSA) is 38.3 Å². The minimum absolute atomic E-state index is 0.00687. The van der Waals surface area contributed by atoms with Crippen molar-refractivity contribution < 1.29 is 9.53 Å². The summed E-state index contributed by atoms with van der Waals surface area (Å²) < 4.78 is 6.06. The lowest BCUT2D eigenvalue weighted by Gasteiger charge is -2.07. The van der Waals surface area contributed by atoms with E-state index >= 15 is 0 Å². The molecule has 0 saturated heterocycles. The second-order valence-electron chi connectivity index (χ2n) is 3.51. The number of carbonyl (C=O) groups excluding carboxylic acids is 1. The number of carbonyl (C=O) groups is 1. The van der Waals surface area contributed by atoms with E-state index in [2.05, 4.69) is 21.2 Å². The van der Waals surface area contributed by atoms with Crippen molar-refractivity contribution in [1.82, 2.24) is 5.32 Å². The second kappa shape index (κ2) is 7.56. The second-order valence-corrected chi connectivity index (χ2v) is 4.74. The summed E-state index contributed by atoms with van der Waals surface area (Å²) in [7, 11) is 1.63. The molecule has 0 saturated carbocycles. The van der Waals surface area contributed by atoms with Gasteiger partial charge in [0.15, 0.2) is 0 Å². The van der Waals surface area contributed by atoms with Gasteiger partial charge in [0.1, 0.15) is 5.75 Å². The third-order valence-electron chi connectivity index (χ3n) is 2.27. The molecule has 3 nitrogen and oxygen atoms in total. The summed E-state index contributed by atoms with van der Waals surface area (Å²) >= 11 is 8.89. The molecule has 1 aromatic rings. The van der Waals surface area contributed by atoms with Crippen molar-refractivity contribution in [3.63, 3.8) is 0 Å². The fraction of sp³-hybridized carbons (Fsp3) is 0.417. The molecule has 5 heteroatoms. The highest BCUT2D eigenvalue weighted by molar-refractivity contribution is 9.10. The first-order valence-electron chi connectivity index (χ1n) is 5.32. The van der Waals surface area contributed by atoms with Gasteiger partial charge in [-0.2, -0.15) is 0 Å². The van der Waals surface area contributed by atoms with Gasteiger partial charge in [-0.05, 0) is 40.0 Å². The summed E-state index contributed by atoms with van der Waals surface area (Å²) in [5.74, 6) is 1.16. The smallest absolute Gasteiger partial charge is 0.221 e. The van der Waals surface area contributed by atoms with Gasteiger partial charge >= 0.3 is 0 Å². The molecule has 0 aliphatic heterocycles. The van der Waals surface area contributed by atoms with Crippen LogP contribution in [0.2, 0.25) is 0 Å². The van der Waals surface area contributed by atoms with Gasteiger partial charge in [0.25, 0.3) is 0 Å². The zero-order chi connectivity index (χ0) is 12.7. The van der Waals surface area contributed by atoms with Gasteiger partial charge in [0.2, 0.25) is 5.91 Å². The van der Waals surface area contributed by atoms with Gasteiger partial charge in [0.05, 0.1) is 11.6 Å². The number of amides is 1. The summed E-state index contributed by atoms with van der Waals surface area (Å²) in [6, 6.07) is 5.88. The fourth-order valence-electron chi connectivity index (χ4n) is 1.39. The first-order chi connectivity index (χ1) is 8.17. The van der Waals surface area contributed by atoms with Crippen LogP contribution < -0.4 is 10.1 Å². The van der Waals surface area contributed by atoms with Gasteiger partial charge in [-0.15, -0.1) is 11.6 Å². The largest absolute Gasteiger partial charge is 0.496 e. The molecule has 0 radical (unpaired) electrons. The Morgan fingerprint density at radius 1 is 1.53 bits per heavy atom. The lowest BCUT2D eigenvalue weighted by molar-refractivity contribution is -0.120. The van der Waals surface area contributed by atoms with Gasteiger partial charge in [0, 0.05) is 18.8 Å². The molecular formula is C12H15BrClNO2. The first-order valence-corrected chi connectivity index (χ1v) is 6.65. The molecule has 0 aliphatic rings. The summed E-state index contributed by atoms with van der Waals surface area (Å²) in [4.78, 5) is 11.2. The number of rotatable bonds is 6. The van der Waals surface area contributed by atoms with Gasteiger partial charge < -0.3 is 10.1 Å². The van der Waals surface area contributed by atoms with Crippen molar-refractivity contribution in [3.05, 3.63) is 28.2 Å². The molecule has 0 spiro atoms. The predicted molar refractivity (Wildman–Crippen MR) is 72.7 cm³/mol. The van der Waals surface area contributed by atoms with Crippen LogP contribution in [-0.2, 0) is 11.2 Å². The van der Waals surface area contributed by atoms with E-state index in [1.807, 2.05) is 18.2 Å². The zero-order valence-corrected chi connectivity index (χ0v) is 12.0. The van der Waals surface area contributed by atoms with Gasteiger partial charge in [-0.1, -0.05) is 6.07 Å². The number of benzene rings is 1.